The SMILES string of the molecule is CN=C(NCCN(C(C)C)C1CC1)NC(C)c1ccc(C)c(F)c1. The van der Waals surface area contributed by atoms with Crippen molar-refractivity contribution in [3.8, 4) is 0 Å². The highest BCUT2D eigenvalue weighted by Gasteiger charge is 2.30. The predicted octanol–water partition coefficient (Wildman–Crippen LogP) is 3.23. The molecule has 0 bridgehead atoms. The van der Waals surface area contributed by atoms with Crippen LogP contribution in [0, 0.1) is 12.7 Å². The van der Waals surface area contributed by atoms with E-state index < -0.39 is 0 Å². The van der Waals surface area contributed by atoms with Crippen molar-refractivity contribution in [2.75, 3.05) is 20.1 Å². The molecule has 0 saturated heterocycles. The molecule has 1 aliphatic carbocycles. The number of benzene rings is 1. The summed E-state index contributed by atoms with van der Waals surface area (Å²) in [6, 6.07) is 6.69. The number of aryl methyl sites for hydroxylation is 1. The van der Waals surface area contributed by atoms with E-state index in [1.54, 1.807) is 20.0 Å². The predicted molar refractivity (Wildman–Crippen MR) is 98.9 cm³/mol. The summed E-state index contributed by atoms with van der Waals surface area (Å²) in [5, 5.41) is 6.70. The van der Waals surface area contributed by atoms with E-state index in [-0.39, 0.29) is 11.9 Å². The molecule has 0 amide bonds. The van der Waals surface area contributed by atoms with E-state index in [4.69, 9.17) is 0 Å². The largest absolute Gasteiger partial charge is 0.355 e. The van der Waals surface area contributed by atoms with Gasteiger partial charge in [-0.3, -0.25) is 9.89 Å². The summed E-state index contributed by atoms with van der Waals surface area (Å²) in [4.78, 5) is 6.82. The van der Waals surface area contributed by atoms with E-state index in [0.29, 0.717) is 11.6 Å². The number of nitrogens with one attached hydrogen (secondary N) is 2. The van der Waals surface area contributed by atoms with Gasteiger partial charge in [0.2, 0.25) is 0 Å². The smallest absolute Gasteiger partial charge is 0.191 e. The van der Waals surface area contributed by atoms with E-state index in [1.165, 1.54) is 12.8 Å². The zero-order valence-electron chi connectivity index (χ0n) is 15.6. The Morgan fingerprint density at radius 3 is 2.58 bits per heavy atom. The fourth-order valence-corrected chi connectivity index (χ4v) is 2.93. The summed E-state index contributed by atoms with van der Waals surface area (Å²) in [6.07, 6.45) is 2.64. The van der Waals surface area contributed by atoms with Gasteiger partial charge < -0.3 is 10.6 Å². The summed E-state index contributed by atoms with van der Waals surface area (Å²) in [5.41, 5.74) is 1.59. The highest BCUT2D eigenvalue weighted by atomic mass is 19.1. The van der Waals surface area contributed by atoms with Gasteiger partial charge in [0, 0.05) is 32.2 Å². The molecular formula is C19H31FN4. The molecule has 1 aromatic carbocycles. The van der Waals surface area contributed by atoms with Crippen LogP contribution in [-0.4, -0.2) is 43.1 Å². The van der Waals surface area contributed by atoms with Gasteiger partial charge in [0.1, 0.15) is 5.82 Å². The number of halogens is 1. The third kappa shape index (κ3) is 5.20. The molecular weight excluding hydrogens is 303 g/mol. The number of guanidine groups is 1. The van der Waals surface area contributed by atoms with Gasteiger partial charge in [-0.05, 0) is 57.7 Å². The van der Waals surface area contributed by atoms with Crippen LogP contribution >= 0.6 is 0 Å². The molecule has 1 aliphatic rings. The van der Waals surface area contributed by atoms with Crippen LogP contribution in [0.3, 0.4) is 0 Å². The van der Waals surface area contributed by atoms with Gasteiger partial charge in [-0.1, -0.05) is 12.1 Å². The molecule has 134 valence electrons. The minimum absolute atomic E-state index is 0.00376. The molecule has 1 atom stereocenters. The monoisotopic (exact) mass is 334 g/mol. The van der Waals surface area contributed by atoms with E-state index in [0.717, 1.165) is 30.7 Å². The lowest BCUT2D eigenvalue weighted by Gasteiger charge is -2.27. The van der Waals surface area contributed by atoms with Crippen LogP contribution in [0.1, 0.15) is 50.8 Å². The summed E-state index contributed by atoms with van der Waals surface area (Å²) in [5.74, 6) is 0.587. The van der Waals surface area contributed by atoms with Crippen molar-refractivity contribution in [1.29, 1.82) is 0 Å². The molecule has 0 radical (unpaired) electrons. The molecule has 24 heavy (non-hydrogen) atoms. The van der Waals surface area contributed by atoms with Crippen molar-refractivity contribution in [3.05, 3.63) is 35.1 Å². The molecule has 0 spiro atoms. The van der Waals surface area contributed by atoms with E-state index >= 15 is 0 Å². The van der Waals surface area contributed by atoms with Gasteiger partial charge in [0.15, 0.2) is 5.96 Å². The van der Waals surface area contributed by atoms with Gasteiger partial charge in [-0.15, -0.1) is 0 Å². The number of hydrogen-bond acceptors (Lipinski definition) is 2. The second-order valence-electron chi connectivity index (χ2n) is 6.94. The maximum absolute atomic E-state index is 13.7. The van der Waals surface area contributed by atoms with Crippen molar-refractivity contribution < 1.29 is 4.39 Å². The van der Waals surface area contributed by atoms with Crippen LogP contribution in [0.5, 0.6) is 0 Å². The fraction of sp³-hybridized carbons (Fsp3) is 0.632. The van der Waals surface area contributed by atoms with Gasteiger partial charge in [-0.25, -0.2) is 4.39 Å². The molecule has 1 unspecified atom stereocenters. The first kappa shape index (κ1) is 18.7. The first-order chi connectivity index (χ1) is 11.4. The lowest BCUT2D eigenvalue weighted by Crippen LogP contribution is -2.44. The summed E-state index contributed by atoms with van der Waals surface area (Å²) >= 11 is 0. The summed E-state index contributed by atoms with van der Waals surface area (Å²) in [7, 11) is 1.76. The molecule has 1 saturated carbocycles. The van der Waals surface area contributed by atoms with Crippen LogP contribution in [-0.2, 0) is 0 Å². The average molecular weight is 334 g/mol. The fourth-order valence-electron chi connectivity index (χ4n) is 2.93. The van der Waals surface area contributed by atoms with Gasteiger partial charge in [0.25, 0.3) is 0 Å². The van der Waals surface area contributed by atoms with Crippen molar-refractivity contribution in [1.82, 2.24) is 15.5 Å². The van der Waals surface area contributed by atoms with E-state index in [9.17, 15) is 4.39 Å². The van der Waals surface area contributed by atoms with Crippen LogP contribution < -0.4 is 10.6 Å². The second-order valence-corrected chi connectivity index (χ2v) is 6.94. The molecule has 0 heterocycles. The van der Waals surface area contributed by atoms with Crippen LogP contribution in [0.4, 0.5) is 4.39 Å². The molecule has 0 aromatic heterocycles. The molecule has 1 aromatic rings. The third-order valence-corrected chi connectivity index (χ3v) is 4.61. The highest BCUT2D eigenvalue weighted by molar-refractivity contribution is 5.80. The Hall–Kier alpha value is -1.62. The first-order valence-electron chi connectivity index (χ1n) is 8.91. The minimum Gasteiger partial charge on any atom is -0.355 e. The highest BCUT2D eigenvalue weighted by Crippen LogP contribution is 2.27. The van der Waals surface area contributed by atoms with Gasteiger partial charge in [-0.2, -0.15) is 0 Å². The van der Waals surface area contributed by atoms with Crippen molar-refractivity contribution in [3.63, 3.8) is 0 Å². The Balaban J connectivity index is 1.84. The summed E-state index contributed by atoms with van der Waals surface area (Å²) in [6.45, 7) is 10.2. The van der Waals surface area contributed by atoms with Gasteiger partial charge >= 0.3 is 0 Å². The minimum atomic E-state index is -0.166. The third-order valence-electron chi connectivity index (χ3n) is 4.61. The Kier molecular flexibility index (Phi) is 6.60. The van der Waals surface area contributed by atoms with Crippen LogP contribution in [0.15, 0.2) is 23.2 Å². The Labute approximate surface area is 145 Å². The molecule has 5 heteroatoms. The van der Waals surface area contributed by atoms with E-state index in [2.05, 4.69) is 34.4 Å². The first-order valence-corrected chi connectivity index (χ1v) is 8.91. The molecule has 1 fully saturated rings. The molecule has 2 rings (SSSR count). The number of rotatable bonds is 7. The van der Waals surface area contributed by atoms with Gasteiger partial charge in [0.05, 0.1) is 6.04 Å². The Bertz CT molecular complexity index is 564. The van der Waals surface area contributed by atoms with E-state index in [1.807, 2.05) is 19.1 Å². The average Bonchev–Trinajstić information content (AvgIpc) is 3.37. The summed E-state index contributed by atoms with van der Waals surface area (Å²) < 4.78 is 13.7. The zero-order valence-corrected chi connectivity index (χ0v) is 15.6. The van der Waals surface area contributed by atoms with Crippen molar-refractivity contribution in [2.45, 2.75) is 58.7 Å². The van der Waals surface area contributed by atoms with Crippen molar-refractivity contribution in [2.24, 2.45) is 4.99 Å². The number of aliphatic imine (C=N–C) groups is 1. The Morgan fingerprint density at radius 2 is 2.04 bits per heavy atom. The topological polar surface area (TPSA) is 39.7 Å². The lowest BCUT2D eigenvalue weighted by atomic mass is 10.1. The quantitative estimate of drug-likeness (QED) is 0.594. The second kappa shape index (κ2) is 8.47. The maximum Gasteiger partial charge on any atom is 0.191 e. The molecule has 2 N–H and O–H groups in total. The van der Waals surface area contributed by atoms with Crippen LogP contribution in [0.25, 0.3) is 0 Å². The zero-order chi connectivity index (χ0) is 17.7. The number of nitrogens with zero attached hydrogens (tertiary/aromatic N) is 2. The normalized spacial score (nSPS) is 16.6. The molecule has 0 aliphatic heterocycles. The number of hydrogen-bond donors (Lipinski definition) is 2. The Morgan fingerprint density at radius 1 is 1.33 bits per heavy atom. The maximum atomic E-state index is 13.7. The standard InChI is InChI=1S/C19H31FN4/c1-13(2)24(17-8-9-17)11-10-22-19(21-5)23-15(4)16-7-6-14(3)18(20)12-16/h6-7,12-13,15,17H,8-11H2,1-5H3,(H2,21,22,23). The molecule has 4 nitrogen and oxygen atoms in total. The van der Waals surface area contributed by atoms with Crippen LogP contribution in [0.2, 0.25) is 0 Å². The lowest BCUT2D eigenvalue weighted by molar-refractivity contribution is 0.215. The van der Waals surface area contributed by atoms with Crippen molar-refractivity contribution >= 4 is 5.96 Å².